The zero-order valence-electron chi connectivity index (χ0n) is 16.6. The average Bonchev–Trinajstić information content (AvgIpc) is 3.03. The number of rotatable bonds is 7. The molecule has 1 N–H and O–H groups in total. The summed E-state index contributed by atoms with van der Waals surface area (Å²) in [7, 11) is 0. The Bertz CT molecular complexity index is 939. The lowest BCUT2D eigenvalue weighted by Crippen LogP contribution is -2.26. The van der Waals surface area contributed by atoms with Crippen LogP contribution in [0, 0.1) is 13.8 Å². The van der Waals surface area contributed by atoms with Crippen LogP contribution in [0.25, 0.3) is 11.0 Å². The minimum Gasteiger partial charge on any atom is -0.450 e. The first-order valence-corrected chi connectivity index (χ1v) is 9.61. The molecule has 0 aliphatic heterocycles. The Morgan fingerprint density at radius 2 is 1.70 bits per heavy atom. The van der Waals surface area contributed by atoms with Crippen LogP contribution in [0.1, 0.15) is 46.7 Å². The predicted molar refractivity (Wildman–Crippen MR) is 110 cm³/mol. The lowest BCUT2D eigenvalue weighted by molar-refractivity contribution is 0.0924. The molecule has 3 aromatic rings. The van der Waals surface area contributed by atoms with Crippen molar-refractivity contribution in [2.75, 3.05) is 13.1 Å². The van der Waals surface area contributed by atoms with Crippen LogP contribution in [0.3, 0.4) is 0 Å². The molecule has 4 heteroatoms. The summed E-state index contributed by atoms with van der Waals surface area (Å²) in [5.74, 6) is 0.237. The van der Waals surface area contributed by atoms with Gasteiger partial charge in [-0.15, -0.1) is 0 Å². The monoisotopic (exact) mass is 364 g/mol. The largest absolute Gasteiger partial charge is 0.450 e. The fourth-order valence-electron chi connectivity index (χ4n) is 3.43. The Morgan fingerprint density at radius 3 is 2.37 bits per heavy atom. The summed E-state index contributed by atoms with van der Waals surface area (Å²) in [6.45, 7) is 11.7. The van der Waals surface area contributed by atoms with E-state index in [0.717, 1.165) is 47.3 Å². The van der Waals surface area contributed by atoms with Crippen LogP contribution in [0.5, 0.6) is 0 Å². The number of furan rings is 1. The van der Waals surface area contributed by atoms with Gasteiger partial charge in [-0.25, -0.2) is 0 Å². The van der Waals surface area contributed by atoms with E-state index in [2.05, 4.69) is 42.3 Å². The standard InChI is InChI=1S/C23H28N2O2/c1-5-25(6-2)15-19-12-8-7-11-18(19)14-24-23(26)22-17(4)20-13-9-10-16(3)21(20)27-22/h7-13H,5-6,14-15H2,1-4H3,(H,24,26). The predicted octanol–water partition coefficient (Wildman–Crippen LogP) is 4.82. The molecule has 2 aromatic carbocycles. The van der Waals surface area contributed by atoms with E-state index in [-0.39, 0.29) is 5.91 Å². The molecule has 0 radical (unpaired) electrons. The third-order valence-corrected chi connectivity index (χ3v) is 5.21. The molecular formula is C23H28N2O2. The highest BCUT2D eigenvalue weighted by atomic mass is 16.3. The van der Waals surface area contributed by atoms with Gasteiger partial charge in [-0.2, -0.15) is 0 Å². The summed E-state index contributed by atoms with van der Waals surface area (Å²) in [6, 6.07) is 14.3. The maximum atomic E-state index is 12.8. The van der Waals surface area contributed by atoms with E-state index in [1.54, 1.807) is 0 Å². The number of nitrogens with zero attached hydrogens (tertiary/aromatic N) is 1. The SMILES string of the molecule is CCN(CC)Cc1ccccc1CNC(=O)c1oc2c(C)cccc2c1C. The van der Waals surface area contributed by atoms with E-state index < -0.39 is 0 Å². The molecule has 1 aromatic heterocycles. The molecule has 142 valence electrons. The number of carbonyl (C=O) groups is 1. The highest BCUT2D eigenvalue weighted by molar-refractivity contribution is 5.99. The van der Waals surface area contributed by atoms with Gasteiger partial charge in [-0.3, -0.25) is 9.69 Å². The van der Waals surface area contributed by atoms with Crippen molar-refractivity contribution < 1.29 is 9.21 Å². The van der Waals surface area contributed by atoms with Crippen LogP contribution in [0.4, 0.5) is 0 Å². The van der Waals surface area contributed by atoms with Crippen LogP contribution in [-0.4, -0.2) is 23.9 Å². The lowest BCUT2D eigenvalue weighted by Gasteiger charge is -2.20. The number of nitrogens with one attached hydrogen (secondary N) is 1. The summed E-state index contributed by atoms with van der Waals surface area (Å²) < 4.78 is 5.89. The molecule has 1 amide bonds. The minimum absolute atomic E-state index is 0.166. The van der Waals surface area contributed by atoms with Crippen LogP contribution in [-0.2, 0) is 13.1 Å². The van der Waals surface area contributed by atoms with Crippen molar-refractivity contribution in [3.63, 3.8) is 0 Å². The smallest absolute Gasteiger partial charge is 0.287 e. The molecule has 0 spiro atoms. The molecule has 0 atom stereocenters. The third kappa shape index (κ3) is 4.06. The van der Waals surface area contributed by atoms with Crippen LogP contribution in [0.15, 0.2) is 46.9 Å². The Morgan fingerprint density at radius 1 is 1.00 bits per heavy atom. The van der Waals surface area contributed by atoms with Gasteiger partial charge in [-0.05, 0) is 43.6 Å². The number of para-hydroxylation sites is 1. The number of carbonyl (C=O) groups excluding carboxylic acids is 1. The maximum Gasteiger partial charge on any atom is 0.287 e. The molecule has 3 rings (SSSR count). The molecule has 0 aliphatic carbocycles. The molecule has 0 saturated heterocycles. The second kappa shape index (κ2) is 8.40. The maximum absolute atomic E-state index is 12.8. The van der Waals surface area contributed by atoms with Gasteiger partial charge in [0.1, 0.15) is 5.58 Å². The van der Waals surface area contributed by atoms with E-state index >= 15 is 0 Å². The first-order valence-electron chi connectivity index (χ1n) is 9.61. The molecule has 0 fully saturated rings. The fraction of sp³-hybridized carbons (Fsp3) is 0.348. The zero-order valence-corrected chi connectivity index (χ0v) is 16.6. The molecule has 0 aliphatic rings. The topological polar surface area (TPSA) is 45.5 Å². The van der Waals surface area contributed by atoms with Crippen molar-refractivity contribution in [1.29, 1.82) is 0 Å². The number of benzene rings is 2. The zero-order chi connectivity index (χ0) is 19.4. The van der Waals surface area contributed by atoms with E-state index in [1.807, 2.05) is 38.1 Å². The number of hydrogen-bond acceptors (Lipinski definition) is 3. The molecule has 0 unspecified atom stereocenters. The third-order valence-electron chi connectivity index (χ3n) is 5.21. The summed E-state index contributed by atoms with van der Waals surface area (Å²) in [5.41, 5.74) is 5.12. The Hall–Kier alpha value is -2.59. The number of hydrogen-bond donors (Lipinski definition) is 1. The summed E-state index contributed by atoms with van der Waals surface area (Å²) >= 11 is 0. The lowest BCUT2D eigenvalue weighted by atomic mass is 10.1. The van der Waals surface area contributed by atoms with Gasteiger partial charge < -0.3 is 9.73 Å². The van der Waals surface area contributed by atoms with E-state index in [0.29, 0.717) is 12.3 Å². The van der Waals surface area contributed by atoms with Gasteiger partial charge in [0.2, 0.25) is 0 Å². The summed E-state index contributed by atoms with van der Waals surface area (Å²) in [5, 5.41) is 4.04. The molecule has 1 heterocycles. The molecule has 0 bridgehead atoms. The molecule has 0 saturated carbocycles. The highest BCUT2D eigenvalue weighted by Crippen LogP contribution is 2.27. The van der Waals surface area contributed by atoms with Crippen LogP contribution in [0.2, 0.25) is 0 Å². The summed E-state index contributed by atoms with van der Waals surface area (Å²) in [6.07, 6.45) is 0. The highest BCUT2D eigenvalue weighted by Gasteiger charge is 2.18. The van der Waals surface area contributed by atoms with Crippen molar-refractivity contribution in [1.82, 2.24) is 10.2 Å². The van der Waals surface area contributed by atoms with E-state index in [4.69, 9.17) is 4.42 Å². The minimum atomic E-state index is -0.166. The molecule has 27 heavy (non-hydrogen) atoms. The summed E-state index contributed by atoms with van der Waals surface area (Å²) in [4.78, 5) is 15.1. The van der Waals surface area contributed by atoms with Crippen LogP contribution < -0.4 is 5.32 Å². The second-order valence-corrected chi connectivity index (χ2v) is 6.92. The Balaban J connectivity index is 1.77. The van der Waals surface area contributed by atoms with Crippen molar-refractivity contribution in [3.8, 4) is 0 Å². The Labute approximate surface area is 161 Å². The van der Waals surface area contributed by atoms with Gasteiger partial charge in [0.05, 0.1) is 0 Å². The second-order valence-electron chi connectivity index (χ2n) is 6.92. The van der Waals surface area contributed by atoms with E-state index in [9.17, 15) is 4.79 Å². The van der Waals surface area contributed by atoms with Gasteiger partial charge in [0, 0.05) is 24.0 Å². The van der Waals surface area contributed by atoms with Crippen molar-refractivity contribution >= 4 is 16.9 Å². The van der Waals surface area contributed by atoms with Gasteiger partial charge in [-0.1, -0.05) is 56.3 Å². The normalized spacial score (nSPS) is 11.3. The Kier molecular flexibility index (Phi) is 5.97. The van der Waals surface area contributed by atoms with Gasteiger partial charge in [0.25, 0.3) is 5.91 Å². The van der Waals surface area contributed by atoms with Crippen LogP contribution >= 0.6 is 0 Å². The van der Waals surface area contributed by atoms with Crippen molar-refractivity contribution in [3.05, 3.63) is 70.5 Å². The first-order chi connectivity index (χ1) is 13.0. The number of aryl methyl sites for hydroxylation is 2. The molecular weight excluding hydrogens is 336 g/mol. The van der Waals surface area contributed by atoms with Crippen molar-refractivity contribution in [2.45, 2.75) is 40.8 Å². The number of fused-ring (bicyclic) bond motifs is 1. The molecule has 4 nitrogen and oxygen atoms in total. The fourth-order valence-corrected chi connectivity index (χ4v) is 3.43. The quantitative estimate of drug-likeness (QED) is 0.654. The van der Waals surface area contributed by atoms with Crippen molar-refractivity contribution in [2.24, 2.45) is 0 Å². The number of amides is 1. The van der Waals surface area contributed by atoms with Gasteiger partial charge >= 0.3 is 0 Å². The first kappa shape index (κ1) is 19.2. The van der Waals surface area contributed by atoms with E-state index in [1.165, 1.54) is 5.56 Å². The van der Waals surface area contributed by atoms with Gasteiger partial charge in [0.15, 0.2) is 5.76 Å². The average molecular weight is 364 g/mol.